The molecule has 2 aliphatic heterocycles. The van der Waals surface area contributed by atoms with Crippen LogP contribution in [-0.2, 0) is 11.2 Å². The van der Waals surface area contributed by atoms with Crippen molar-refractivity contribution < 1.29 is 19.4 Å². The lowest BCUT2D eigenvalue weighted by Gasteiger charge is -2.29. The normalized spacial score (nSPS) is 17.9. The van der Waals surface area contributed by atoms with Gasteiger partial charge >= 0.3 is 0 Å². The van der Waals surface area contributed by atoms with Gasteiger partial charge < -0.3 is 24.8 Å². The standard InChI is InChI=1S/C25H32N2O4/c1-18-4-6-19(7-5-18)8-11-24(28)26-21(17-27-12-2-3-13-27)25(29)20-9-10-22-23(16-20)31-15-14-30-22/h4-7,9-10,16,21,25,29H,2-3,8,11-15,17H2,1H3,(H,26,28). The number of aryl methyl sites for hydroxylation is 2. The monoisotopic (exact) mass is 424 g/mol. The van der Waals surface area contributed by atoms with E-state index in [2.05, 4.69) is 41.4 Å². The number of benzene rings is 2. The third kappa shape index (κ3) is 5.77. The maximum atomic E-state index is 12.8. The molecule has 2 N–H and O–H groups in total. The van der Waals surface area contributed by atoms with Gasteiger partial charge in [-0.25, -0.2) is 0 Å². The van der Waals surface area contributed by atoms with Crippen LogP contribution in [0.1, 0.15) is 42.1 Å². The van der Waals surface area contributed by atoms with Gasteiger partial charge in [-0.05, 0) is 62.5 Å². The van der Waals surface area contributed by atoms with Crippen LogP contribution in [0.2, 0.25) is 0 Å². The molecule has 0 radical (unpaired) electrons. The molecule has 6 heteroatoms. The average Bonchev–Trinajstić information content (AvgIpc) is 3.30. The van der Waals surface area contributed by atoms with Gasteiger partial charge in [0.2, 0.25) is 5.91 Å². The Hall–Kier alpha value is -2.57. The maximum absolute atomic E-state index is 12.8. The molecule has 1 fully saturated rings. The summed E-state index contributed by atoms with van der Waals surface area (Å²) in [4.78, 5) is 15.1. The topological polar surface area (TPSA) is 71.0 Å². The summed E-state index contributed by atoms with van der Waals surface area (Å²) in [6, 6.07) is 13.4. The second kappa shape index (κ2) is 10.2. The summed E-state index contributed by atoms with van der Waals surface area (Å²) in [7, 11) is 0. The van der Waals surface area contributed by atoms with Crippen LogP contribution in [0.15, 0.2) is 42.5 Å². The quantitative estimate of drug-likeness (QED) is 0.682. The van der Waals surface area contributed by atoms with Crippen LogP contribution < -0.4 is 14.8 Å². The van der Waals surface area contributed by atoms with Gasteiger partial charge in [-0.15, -0.1) is 0 Å². The number of carbonyl (C=O) groups excluding carboxylic acids is 1. The second-order valence-electron chi connectivity index (χ2n) is 8.52. The number of amides is 1. The highest BCUT2D eigenvalue weighted by Crippen LogP contribution is 2.33. The molecule has 1 amide bonds. The van der Waals surface area contributed by atoms with Gasteiger partial charge in [0, 0.05) is 13.0 Å². The van der Waals surface area contributed by atoms with E-state index < -0.39 is 6.10 Å². The predicted molar refractivity (Wildman–Crippen MR) is 119 cm³/mol. The zero-order valence-electron chi connectivity index (χ0n) is 18.2. The SMILES string of the molecule is Cc1ccc(CCC(=O)NC(CN2CCCC2)C(O)c2ccc3c(c2)OCCO3)cc1. The summed E-state index contributed by atoms with van der Waals surface area (Å²) in [5.41, 5.74) is 3.08. The molecule has 1 saturated heterocycles. The van der Waals surface area contributed by atoms with Crippen molar-refractivity contribution in [1.29, 1.82) is 0 Å². The molecule has 0 saturated carbocycles. The third-order valence-corrected chi connectivity index (χ3v) is 6.05. The number of aliphatic hydroxyl groups excluding tert-OH is 1. The van der Waals surface area contributed by atoms with Crippen molar-refractivity contribution in [3.8, 4) is 11.5 Å². The molecule has 0 aliphatic carbocycles. The smallest absolute Gasteiger partial charge is 0.220 e. The molecule has 2 unspecified atom stereocenters. The number of nitrogens with one attached hydrogen (secondary N) is 1. The van der Waals surface area contributed by atoms with Gasteiger partial charge in [0.05, 0.1) is 6.04 Å². The highest BCUT2D eigenvalue weighted by atomic mass is 16.6. The van der Waals surface area contributed by atoms with Crippen molar-refractivity contribution in [2.75, 3.05) is 32.8 Å². The number of aliphatic hydroxyl groups is 1. The molecule has 2 atom stereocenters. The molecule has 0 spiro atoms. The Bertz CT molecular complexity index is 878. The second-order valence-corrected chi connectivity index (χ2v) is 8.52. The van der Waals surface area contributed by atoms with E-state index in [1.165, 1.54) is 5.56 Å². The molecule has 2 heterocycles. The molecular weight excluding hydrogens is 392 g/mol. The van der Waals surface area contributed by atoms with E-state index in [4.69, 9.17) is 9.47 Å². The summed E-state index contributed by atoms with van der Waals surface area (Å²) in [5, 5.41) is 14.3. The minimum atomic E-state index is -0.820. The van der Waals surface area contributed by atoms with Crippen LogP contribution in [0.5, 0.6) is 11.5 Å². The fraction of sp³-hybridized carbons (Fsp3) is 0.480. The summed E-state index contributed by atoms with van der Waals surface area (Å²) >= 11 is 0. The summed E-state index contributed by atoms with van der Waals surface area (Å²) in [5.74, 6) is 1.30. The van der Waals surface area contributed by atoms with Gasteiger partial charge in [0.15, 0.2) is 11.5 Å². The van der Waals surface area contributed by atoms with Crippen LogP contribution in [0.4, 0.5) is 0 Å². The van der Waals surface area contributed by atoms with Crippen molar-refractivity contribution in [1.82, 2.24) is 10.2 Å². The Morgan fingerprint density at radius 2 is 1.77 bits per heavy atom. The highest BCUT2D eigenvalue weighted by Gasteiger charge is 2.27. The van der Waals surface area contributed by atoms with E-state index in [0.717, 1.165) is 37.1 Å². The number of hydrogen-bond donors (Lipinski definition) is 2. The van der Waals surface area contributed by atoms with Crippen LogP contribution >= 0.6 is 0 Å². The number of rotatable bonds is 8. The fourth-order valence-electron chi connectivity index (χ4n) is 4.24. The fourth-order valence-corrected chi connectivity index (χ4v) is 4.24. The lowest BCUT2D eigenvalue weighted by atomic mass is 10.00. The molecule has 166 valence electrons. The first-order chi connectivity index (χ1) is 15.1. The molecule has 2 aliphatic rings. The number of nitrogens with zero attached hydrogens (tertiary/aromatic N) is 1. The predicted octanol–water partition coefficient (Wildman–Crippen LogP) is 3.01. The summed E-state index contributed by atoms with van der Waals surface area (Å²) < 4.78 is 11.3. The highest BCUT2D eigenvalue weighted by molar-refractivity contribution is 5.76. The first kappa shape index (κ1) is 21.7. The Morgan fingerprint density at radius 1 is 1.06 bits per heavy atom. The van der Waals surface area contributed by atoms with E-state index >= 15 is 0 Å². The number of ether oxygens (including phenoxy) is 2. The molecule has 2 aromatic carbocycles. The first-order valence-corrected chi connectivity index (χ1v) is 11.2. The minimum absolute atomic E-state index is 0.0404. The number of fused-ring (bicyclic) bond motifs is 1. The summed E-state index contributed by atoms with van der Waals surface area (Å²) in [6.07, 6.45) is 2.58. The van der Waals surface area contributed by atoms with E-state index in [1.807, 2.05) is 18.2 Å². The van der Waals surface area contributed by atoms with E-state index in [0.29, 0.717) is 44.1 Å². The van der Waals surface area contributed by atoms with Crippen molar-refractivity contribution in [2.45, 2.75) is 44.8 Å². The van der Waals surface area contributed by atoms with E-state index in [1.54, 1.807) is 0 Å². The Labute approximate surface area is 184 Å². The van der Waals surface area contributed by atoms with Gasteiger partial charge in [0.1, 0.15) is 19.3 Å². The lowest BCUT2D eigenvalue weighted by Crippen LogP contribution is -2.46. The van der Waals surface area contributed by atoms with Crippen molar-refractivity contribution in [2.24, 2.45) is 0 Å². The van der Waals surface area contributed by atoms with Crippen LogP contribution in [0.25, 0.3) is 0 Å². The van der Waals surface area contributed by atoms with Gasteiger partial charge in [-0.3, -0.25) is 4.79 Å². The van der Waals surface area contributed by atoms with Crippen LogP contribution in [0, 0.1) is 6.92 Å². The maximum Gasteiger partial charge on any atom is 0.220 e. The van der Waals surface area contributed by atoms with Crippen LogP contribution in [0.3, 0.4) is 0 Å². The Balaban J connectivity index is 1.42. The lowest BCUT2D eigenvalue weighted by molar-refractivity contribution is -0.122. The van der Waals surface area contributed by atoms with Gasteiger partial charge in [-0.2, -0.15) is 0 Å². The van der Waals surface area contributed by atoms with Gasteiger partial charge in [-0.1, -0.05) is 35.9 Å². The van der Waals surface area contributed by atoms with Crippen molar-refractivity contribution >= 4 is 5.91 Å². The molecule has 0 aromatic heterocycles. The molecule has 2 aromatic rings. The van der Waals surface area contributed by atoms with E-state index in [9.17, 15) is 9.90 Å². The zero-order chi connectivity index (χ0) is 21.6. The first-order valence-electron chi connectivity index (χ1n) is 11.2. The Morgan fingerprint density at radius 3 is 2.52 bits per heavy atom. The largest absolute Gasteiger partial charge is 0.486 e. The van der Waals surface area contributed by atoms with Crippen molar-refractivity contribution in [3.05, 3.63) is 59.2 Å². The Kier molecular flexibility index (Phi) is 7.10. The van der Waals surface area contributed by atoms with Crippen LogP contribution in [-0.4, -0.2) is 54.8 Å². The minimum Gasteiger partial charge on any atom is -0.486 e. The number of likely N-dealkylation sites (tertiary alicyclic amines) is 1. The number of hydrogen-bond acceptors (Lipinski definition) is 5. The molecular formula is C25H32N2O4. The van der Waals surface area contributed by atoms with E-state index in [-0.39, 0.29) is 11.9 Å². The molecule has 6 nitrogen and oxygen atoms in total. The molecule has 31 heavy (non-hydrogen) atoms. The number of carbonyl (C=O) groups is 1. The van der Waals surface area contributed by atoms with Crippen molar-refractivity contribution in [3.63, 3.8) is 0 Å². The zero-order valence-corrected chi connectivity index (χ0v) is 18.2. The average molecular weight is 425 g/mol. The summed E-state index contributed by atoms with van der Waals surface area (Å²) in [6.45, 7) is 5.72. The van der Waals surface area contributed by atoms with Gasteiger partial charge in [0.25, 0.3) is 0 Å². The molecule has 0 bridgehead atoms. The molecule has 4 rings (SSSR count). The third-order valence-electron chi connectivity index (χ3n) is 6.05.